The summed E-state index contributed by atoms with van der Waals surface area (Å²) >= 11 is 0. The molecule has 1 unspecified atom stereocenters. The Morgan fingerprint density at radius 1 is 1.29 bits per heavy atom. The highest BCUT2D eigenvalue weighted by molar-refractivity contribution is 5.91. The van der Waals surface area contributed by atoms with Crippen LogP contribution in [0, 0.1) is 0 Å². The smallest absolute Gasteiger partial charge is 0.251 e. The van der Waals surface area contributed by atoms with E-state index in [1.165, 1.54) is 31.3 Å². The summed E-state index contributed by atoms with van der Waals surface area (Å²) in [7, 11) is 2.89. The summed E-state index contributed by atoms with van der Waals surface area (Å²) < 4.78 is 65.5. The van der Waals surface area contributed by atoms with E-state index in [1.807, 2.05) is 0 Å². The maximum Gasteiger partial charge on any atom is 0.251 e. The number of carbonyl (C=O) groups is 1. The van der Waals surface area contributed by atoms with Crippen molar-refractivity contribution < 1.29 is 27.3 Å². The van der Waals surface area contributed by atoms with Gasteiger partial charge in [-0.3, -0.25) is 4.79 Å². The number of nitrogens with two attached hydrogens (primary N) is 1. The first kappa shape index (κ1) is 12.6. The second-order valence-corrected chi connectivity index (χ2v) is 6.42. The van der Waals surface area contributed by atoms with E-state index in [2.05, 4.69) is 9.97 Å². The molecule has 2 fully saturated rings. The molecule has 0 aliphatic carbocycles. The predicted octanol–water partition coefficient (Wildman–Crippen LogP) is 1.06. The summed E-state index contributed by atoms with van der Waals surface area (Å²) in [6.45, 7) is -5.26. The minimum Gasteiger partial charge on any atom is -0.493 e. The number of anilines is 2. The molecule has 150 valence electrons. The molecule has 1 amide bonds. The van der Waals surface area contributed by atoms with Crippen molar-refractivity contribution in [3.8, 4) is 11.5 Å². The maximum absolute atomic E-state index is 12.9. The number of piperazine rings is 1. The molecule has 0 saturated carbocycles. The minimum absolute atomic E-state index is 0.0869. The van der Waals surface area contributed by atoms with Gasteiger partial charge < -0.3 is 29.7 Å². The molecule has 0 radical (unpaired) electrons. The van der Waals surface area contributed by atoms with Crippen LogP contribution in [0.3, 0.4) is 0 Å². The zero-order valence-corrected chi connectivity index (χ0v) is 15.6. The van der Waals surface area contributed by atoms with Crippen LogP contribution in [0.25, 0.3) is 10.9 Å². The van der Waals surface area contributed by atoms with Gasteiger partial charge in [-0.25, -0.2) is 4.98 Å². The average molecular weight is 393 g/mol. The molecule has 28 heavy (non-hydrogen) atoms. The van der Waals surface area contributed by atoms with Gasteiger partial charge in [-0.2, -0.15) is 4.98 Å². The van der Waals surface area contributed by atoms with Crippen molar-refractivity contribution in [2.75, 3.05) is 57.5 Å². The minimum atomic E-state index is -2.40. The van der Waals surface area contributed by atoms with Gasteiger partial charge in [0.05, 0.1) is 25.2 Å². The number of fused-ring (bicyclic) bond motifs is 1. The molecule has 2 saturated heterocycles. The fourth-order valence-electron chi connectivity index (χ4n) is 3.21. The van der Waals surface area contributed by atoms with Crippen LogP contribution >= 0.6 is 0 Å². The van der Waals surface area contributed by atoms with Crippen LogP contribution in [0.5, 0.6) is 11.5 Å². The van der Waals surface area contributed by atoms with Gasteiger partial charge in [0.2, 0.25) is 5.95 Å². The number of nitrogen functional groups attached to an aromatic ring is 1. The number of amides is 1. The third-order valence-electron chi connectivity index (χ3n) is 4.72. The third kappa shape index (κ3) is 3.37. The largest absolute Gasteiger partial charge is 0.493 e. The molecule has 2 aliphatic rings. The molecule has 2 aromatic rings. The normalized spacial score (nSPS) is 26.4. The van der Waals surface area contributed by atoms with Crippen molar-refractivity contribution in [3.05, 3.63) is 12.1 Å². The number of ether oxygens (including phenoxy) is 3. The standard InChI is InChI=1S/C19H25N5O4/c1-26-15-10-12-13(11-16(15)27-2)21-19(22-17(12)20)24-7-5-23(6-8-24)18(25)14-4-3-9-28-14/h10-11,14H,3-9H2,1-2H3,(H2,20,21,22)/i5D2,6D2/hD2. The lowest BCUT2D eigenvalue weighted by Gasteiger charge is -2.35. The number of methoxy groups -OCH3 is 2. The Hall–Kier alpha value is -2.81. The van der Waals surface area contributed by atoms with Crippen molar-refractivity contribution in [2.45, 2.75) is 18.9 Å². The molecule has 1 aromatic heterocycles. The average Bonchev–Trinajstić information content (AvgIpc) is 3.30. The Bertz CT molecular complexity index is 1080. The van der Waals surface area contributed by atoms with Crippen LogP contribution in [-0.4, -0.2) is 73.8 Å². The first-order valence-corrected chi connectivity index (χ1v) is 8.91. The van der Waals surface area contributed by atoms with Gasteiger partial charge in [0.1, 0.15) is 11.9 Å². The Kier molecular flexibility index (Phi) is 3.45. The van der Waals surface area contributed by atoms with Gasteiger partial charge >= 0.3 is 0 Å². The highest BCUT2D eigenvalue weighted by Crippen LogP contribution is 2.34. The van der Waals surface area contributed by atoms with Crippen LogP contribution in [0.1, 0.15) is 18.3 Å². The van der Waals surface area contributed by atoms with E-state index in [1.54, 1.807) is 0 Å². The van der Waals surface area contributed by atoms with Gasteiger partial charge in [-0.05, 0) is 18.9 Å². The number of aromatic nitrogens is 2. The number of hydrogen-bond acceptors (Lipinski definition) is 8. The van der Waals surface area contributed by atoms with Crippen molar-refractivity contribution in [3.63, 3.8) is 0 Å². The Morgan fingerprint density at radius 3 is 2.68 bits per heavy atom. The monoisotopic (exact) mass is 393 g/mol. The number of nitrogens with zero attached hydrogens (tertiary/aromatic N) is 4. The second kappa shape index (κ2) is 7.67. The van der Waals surface area contributed by atoms with Crippen LogP contribution in [0.15, 0.2) is 12.1 Å². The number of carbonyl (C=O) groups excluding carboxylic acids is 1. The molecule has 2 N–H and O–H groups in total. The molecular formula is C19H25N5O4. The zero-order valence-electron chi connectivity index (χ0n) is 21.6. The molecule has 1 atom stereocenters. The topological polar surface area (TPSA) is 103 Å². The lowest BCUT2D eigenvalue weighted by molar-refractivity contribution is -0.141. The molecule has 3 heterocycles. The Labute approximate surface area is 171 Å². The van der Waals surface area contributed by atoms with Crippen LogP contribution in [0.2, 0.25) is 2.82 Å². The van der Waals surface area contributed by atoms with Crippen LogP contribution < -0.4 is 20.1 Å². The van der Waals surface area contributed by atoms with Gasteiger partial charge in [-0.15, -0.1) is 0 Å². The quantitative estimate of drug-likeness (QED) is 0.804. The van der Waals surface area contributed by atoms with E-state index < -0.39 is 38.1 Å². The van der Waals surface area contributed by atoms with Gasteiger partial charge in [0.15, 0.2) is 14.3 Å². The van der Waals surface area contributed by atoms with Crippen LogP contribution in [0.4, 0.5) is 11.8 Å². The predicted molar refractivity (Wildman–Crippen MR) is 105 cm³/mol. The highest BCUT2D eigenvalue weighted by Gasteiger charge is 2.31. The number of benzene rings is 1. The summed E-state index contributed by atoms with van der Waals surface area (Å²) in [6.07, 6.45) is 0.195. The van der Waals surface area contributed by atoms with Crippen molar-refractivity contribution >= 4 is 28.6 Å². The molecule has 1 aromatic carbocycles. The Balaban J connectivity index is 1.75. The Morgan fingerprint density at radius 2 is 2.04 bits per heavy atom. The number of rotatable bonds is 5. The van der Waals surface area contributed by atoms with E-state index in [0.717, 1.165) is 0 Å². The van der Waals surface area contributed by atoms with Crippen molar-refractivity contribution in [2.24, 2.45) is 0 Å². The molecule has 9 nitrogen and oxygen atoms in total. The fraction of sp³-hybridized carbons (Fsp3) is 0.526. The van der Waals surface area contributed by atoms with Crippen molar-refractivity contribution in [1.29, 1.82) is 0 Å². The lowest BCUT2D eigenvalue weighted by atomic mass is 10.2. The third-order valence-corrected chi connectivity index (χ3v) is 4.72. The summed E-state index contributed by atoms with van der Waals surface area (Å²) in [5, 5.41) is 0.324. The summed E-state index contributed by atoms with van der Waals surface area (Å²) in [6, 6.07) is 3.06. The zero-order chi connectivity index (χ0) is 24.8. The molecule has 2 aliphatic heterocycles. The van der Waals surface area contributed by atoms with E-state index in [-0.39, 0.29) is 11.8 Å². The highest BCUT2D eigenvalue weighted by atomic mass is 16.5. The number of hydrogen-bond donors (Lipinski definition) is 1. The van der Waals surface area contributed by atoms with Crippen molar-refractivity contribution in [1.82, 2.24) is 14.9 Å². The molecular weight excluding hydrogens is 362 g/mol. The SMILES string of the molecule is [2H]N([2H])c1nc(N2CC([2H])([2H])N(C(=O)C3CCCO3)C([2H])([2H])C2)nc2cc(OC)c(OC)cc12. The fourth-order valence-corrected chi connectivity index (χ4v) is 3.21. The van der Waals surface area contributed by atoms with E-state index >= 15 is 0 Å². The van der Waals surface area contributed by atoms with Gasteiger partial charge in [0.25, 0.3) is 5.91 Å². The van der Waals surface area contributed by atoms with Gasteiger partial charge in [0, 0.05) is 44.1 Å². The molecule has 9 heteroatoms. The van der Waals surface area contributed by atoms with E-state index in [0.29, 0.717) is 52.5 Å². The summed E-state index contributed by atoms with van der Waals surface area (Å²) in [5.74, 6) is -0.225. The molecule has 0 spiro atoms. The lowest BCUT2D eigenvalue weighted by Crippen LogP contribution is -2.51. The van der Waals surface area contributed by atoms with E-state index in [4.69, 9.17) is 22.5 Å². The summed E-state index contributed by atoms with van der Waals surface area (Å²) in [5.41, 5.74) is 0.584. The summed E-state index contributed by atoms with van der Waals surface area (Å²) in [4.78, 5) is 23.5. The first-order valence-electron chi connectivity index (χ1n) is 11.8. The van der Waals surface area contributed by atoms with E-state index in [9.17, 15) is 4.79 Å². The second-order valence-electron chi connectivity index (χ2n) is 6.42. The maximum atomic E-state index is 12.9. The molecule has 0 bridgehead atoms. The first-order chi connectivity index (χ1) is 16.0. The molecule has 4 rings (SSSR count). The van der Waals surface area contributed by atoms with Gasteiger partial charge in [-0.1, -0.05) is 0 Å². The van der Waals surface area contributed by atoms with Crippen LogP contribution in [-0.2, 0) is 9.53 Å².